The Labute approximate surface area is 141 Å². The Morgan fingerprint density at radius 1 is 1.12 bits per heavy atom. The van der Waals surface area contributed by atoms with Crippen LogP contribution in [0.4, 0.5) is 0 Å². The van der Waals surface area contributed by atoms with E-state index in [1.807, 2.05) is 24.3 Å². The van der Waals surface area contributed by atoms with Crippen molar-refractivity contribution in [3.8, 4) is 21.9 Å². The fourth-order valence-corrected chi connectivity index (χ4v) is 3.46. The highest BCUT2D eigenvalue weighted by Gasteiger charge is 2.20. The van der Waals surface area contributed by atoms with Crippen molar-refractivity contribution >= 4 is 27.4 Å². The second-order valence-corrected chi connectivity index (χ2v) is 6.04. The minimum Gasteiger partial charge on any atom is -0.499 e. The standard InChI is InChI=1S/C18H14O5S/c1-22-13-6-4-3-5-11(13)10-7-8-12-14(9-10)24-18(21)15(16(12)19)17(20)23-2/h3-9,21H,1-2H3. The summed E-state index contributed by atoms with van der Waals surface area (Å²) in [4.78, 5) is 24.1. The van der Waals surface area contributed by atoms with E-state index in [4.69, 9.17) is 4.74 Å². The van der Waals surface area contributed by atoms with E-state index in [1.54, 1.807) is 25.3 Å². The quantitative estimate of drug-likeness (QED) is 0.738. The van der Waals surface area contributed by atoms with Gasteiger partial charge in [0.2, 0.25) is 5.43 Å². The van der Waals surface area contributed by atoms with Gasteiger partial charge in [-0.3, -0.25) is 4.79 Å². The SMILES string of the molecule is COC(=O)c1c(O)sc2cc(-c3ccccc3OC)ccc2c1=O. The Kier molecular flexibility index (Phi) is 4.22. The maximum Gasteiger partial charge on any atom is 0.346 e. The molecule has 0 bridgehead atoms. The average Bonchev–Trinajstić information content (AvgIpc) is 2.60. The van der Waals surface area contributed by atoms with Crippen molar-refractivity contribution in [3.05, 3.63) is 58.3 Å². The topological polar surface area (TPSA) is 72.8 Å². The number of fused-ring (bicyclic) bond motifs is 1. The van der Waals surface area contributed by atoms with Crippen LogP contribution in [0, 0.1) is 0 Å². The van der Waals surface area contributed by atoms with Crippen LogP contribution in [0.2, 0.25) is 0 Å². The number of hydrogen-bond acceptors (Lipinski definition) is 6. The molecule has 0 saturated carbocycles. The number of carbonyl (C=O) groups is 1. The lowest BCUT2D eigenvalue weighted by Crippen LogP contribution is -2.15. The summed E-state index contributed by atoms with van der Waals surface area (Å²) in [5.41, 5.74) is 0.846. The molecule has 0 unspecified atom stereocenters. The van der Waals surface area contributed by atoms with Crippen molar-refractivity contribution in [1.29, 1.82) is 0 Å². The van der Waals surface area contributed by atoms with Gasteiger partial charge < -0.3 is 14.6 Å². The predicted octanol–water partition coefficient (Wildman–Crippen LogP) is 3.43. The van der Waals surface area contributed by atoms with Crippen LogP contribution < -0.4 is 10.2 Å². The molecule has 6 heteroatoms. The monoisotopic (exact) mass is 342 g/mol. The molecule has 0 amide bonds. The van der Waals surface area contributed by atoms with Gasteiger partial charge in [-0.2, -0.15) is 0 Å². The van der Waals surface area contributed by atoms with Crippen LogP contribution in [0.25, 0.3) is 21.2 Å². The molecule has 24 heavy (non-hydrogen) atoms. The number of para-hydroxylation sites is 1. The summed E-state index contributed by atoms with van der Waals surface area (Å²) < 4.78 is 10.5. The van der Waals surface area contributed by atoms with Gasteiger partial charge in [-0.15, -0.1) is 0 Å². The lowest BCUT2D eigenvalue weighted by atomic mass is 10.0. The van der Waals surface area contributed by atoms with Crippen molar-refractivity contribution in [2.24, 2.45) is 0 Å². The number of esters is 1. The number of ether oxygens (including phenoxy) is 2. The first kappa shape index (κ1) is 16.0. The molecule has 0 spiro atoms. The van der Waals surface area contributed by atoms with E-state index < -0.39 is 11.4 Å². The van der Waals surface area contributed by atoms with Crippen LogP contribution in [0.5, 0.6) is 10.8 Å². The largest absolute Gasteiger partial charge is 0.499 e. The molecule has 1 N–H and O–H groups in total. The predicted molar refractivity (Wildman–Crippen MR) is 93.1 cm³/mol. The summed E-state index contributed by atoms with van der Waals surface area (Å²) in [7, 11) is 2.76. The zero-order valence-electron chi connectivity index (χ0n) is 13.0. The number of benzene rings is 2. The Morgan fingerprint density at radius 3 is 2.58 bits per heavy atom. The molecule has 0 aliphatic rings. The highest BCUT2D eigenvalue weighted by Crippen LogP contribution is 2.34. The number of hydrogen-bond donors (Lipinski definition) is 1. The Hall–Kier alpha value is -2.86. The summed E-state index contributed by atoms with van der Waals surface area (Å²) in [5.74, 6) is -0.135. The Balaban J connectivity index is 2.24. The van der Waals surface area contributed by atoms with Crippen LogP contribution in [-0.2, 0) is 4.74 Å². The Morgan fingerprint density at radius 2 is 1.88 bits per heavy atom. The normalized spacial score (nSPS) is 10.6. The molecule has 122 valence electrons. The van der Waals surface area contributed by atoms with E-state index >= 15 is 0 Å². The third-order valence-corrected chi connectivity index (χ3v) is 4.64. The maximum atomic E-state index is 12.4. The van der Waals surface area contributed by atoms with E-state index in [2.05, 4.69) is 4.74 Å². The lowest BCUT2D eigenvalue weighted by molar-refractivity contribution is 0.0597. The number of methoxy groups -OCH3 is 2. The number of carbonyl (C=O) groups excluding carboxylic acids is 1. The summed E-state index contributed by atoms with van der Waals surface area (Å²) in [6.45, 7) is 0. The van der Waals surface area contributed by atoms with Gasteiger partial charge in [-0.1, -0.05) is 35.6 Å². The number of rotatable bonds is 3. The van der Waals surface area contributed by atoms with Gasteiger partial charge >= 0.3 is 5.97 Å². The molecule has 0 aliphatic heterocycles. The van der Waals surface area contributed by atoms with Crippen molar-refractivity contribution < 1.29 is 19.4 Å². The maximum absolute atomic E-state index is 12.4. The van der Waals surface area contributed by atoms with Gasteiger partial charge in [0, 0.05) is 15.6 Å². The molecule has 2 aromatic carbocycles. The number of aromatic hydroxyl groups is 1. The molecule has 3 rings (SSSR count). The van der Waals surface area contributed by atoms with Crippen molar-refractivity contribution in [2.75, 3.05) is 14.2 Å². The van der Waals surface area contributed by atoms with Gasteiger partial charge in [-0.05, 0) is 23.8 Å². The fourth-order valence-electron chi connectivity index (χ4n) is 2.51. The first-order valence-electron chi connectivity index (χ1n) is 7.08. The fraction of sp³-hybridized carbons (Fsp3) is 0.111. The summed E-state index contributed by atoms with van der Waals surface area (Å²) in [5, 5.41) is 10.1. The Bertz CT molecular complexity index is 990. The van der Waals surface area contributed by atoms with E-state index in [0.29, 0.717) is 15.8 Å². The molecule has 5 nitrogen and oxygen atoms in total. The van der Waals surface area contributed by atoms with Gasteiger partial charge in [0.25, 0.3) is 0 Å². The first-order valence-corrected chi connectivity index (χ1v) is 7.90. The van der Waals surface area contributed by atoms with Crippen LogP contribution in [0.1, 0.15) is 10.4 Å². The van der Waals surface area contributed by atoms with Crippen LogP contribution >= 0.6 is 11.3 Å². The van der Waals surface area contributed by atoms with Gasteiger partial charge in [-0.25, -0.2) is 4.79 Å². The van der Waals surface area contributed by atoms with E-state index in [1.165, 1.54) is 7.11 Å². The highest BCUT2D eigenvalue weighted by molar-refractivity contribution is 7.20. The van der Waals surface area contributed by atoms with Crippen molar-refractivity contribution in [1.82, 2.24) is 0 Å². The van der Waals surface area contributed by atoms with Crippen LogP contribution in [-0.4, -0.2) is 25.3 Å². The molecule has 0 fully saturated rings. The van der Waals surface area contributed by atoms with E-state index in [0.717, 1.165) is 22.5 Å². The molecule has 0 aliphatic carbocycles. The van der Waals surface area contributed by atoms with Gasteiger partial charge in [0.05, 0.1) is 14.2 Å². The molecular weight excluding hydrogens is 328 g/mol. The minimum atomic E-state index is -0.843. The smallest absolute Gasteiger partial charge is 0.346 e. The minimum absolute atomic E-state index is 0.333. The van der Waals surface area contributed by atoms with Crippen LogP contribution in [0.3, 0.4) is 0 Å². The van der Waals surface area contributed by atoms with Gasteiger partial charge in [0.15, 0.2) is 10.6 Å². The summed E-state index contributed by atoms with van der Waals surface area (Å²) in [6, 6.07) is 12.7. The van der Waals surface area contributed by atoms with Crippen molar-refractivity contribution in [3.63, 3.8) is 0 Å². The van der Waals surface area contributed by atoms with E-state index in [-0.39, 0.29) is 10.6 Å². The zero-order chi connectivity index (χ0) is 17.3. The van der Waals surface area contributed by atoms with E-state index in [9.17, 15) is 14.7 Å². The third kappa shape index (κ3) is 2.61. The highest BCUT2D eigenvalue weighted by atomic mass is 32.1. The molecule has 1 heterocycles. The second-order valence-electron chi connectivity index (χ2n) is 5.01. The molecule has 1 aromatic heterocycles. The second kappa shape index (κ2) is 6.33. The van der Waals surface area contributed by atoms with Crippen LogP contribution in [0.15, 0.2) is 47.3 Å². The van der Waals surface area contributed by atoms with Gasteiger partial charge in [0.1, 0.15) is 5.75 Å². The molecular formula is C18H14O5S. The average molecular weight is 342 g/mol. The lowest BCUT2D eigenvalue weighted by Gasteiger charge is -2.09. The molecule has 3 aromatic rings. The third-order valence-electron chi connectivity index (χ3n) is 3.68. The molecule has 0 atom stereocenters. The molecule has 0 radical (unpaired) electrons. The molecule has 0 saturated heterocycles. The zero-order valence-corrected chi connectivity index (χ0v) is 13.8. The first-order chi connectivity index (χ1) is 11.6. The summed E-state index contributed by atoms with van der Waals surface area (Å²) in [6.07, 6.45) is 0. The van der Waals surface area contributed by atoms with Crippen molar-refractivity contribution in [2.45, 2.75) is 0 Å². The summed E-state index contributed by atoms with van der Waals surface area (Å²) >= 11 is 0.962.